The Balaban J connectivity index is 0. The van der Waals surface area contributed by atoms with Gasteiger partial charge >= 0.3 is 0 Å². The summed E-state index contributed by atoms with van der Waals surface area (Å²) in [5, 5.41) is 9.05. The molecule has 0 fully saturated rings. The molecule has 2 nitrogen and oxygen atoms in total. The molecule has 1 unspecified atom stereocenters. The Kier molecular flexibility index (Phi) is 7.54. The van der Waals surface area contributed by atoms with E-state index in [9.17, 15) is 0 Å². The fourth-order valence-electron chi connectivity index (χ4n) is 0.681. The second-order valence-corrected chi connectivity index (χ2v) is 3.59. The van der Waals surface area contributed by atoms with Crippen LogP contribution in [0, 0.1) is 0 Å². The normalized spacial score (nSPS) is 14.1. The summed E-state index contributed by atoms with van der Waals surface area (Å²) in [6, 6.07) is 0. The molecule has 0 bridgehead atoms. The van der Waals surface area contributed by atoms with E-state index >= 15 is 0 Å². The lowest BCUT2D eigenvalue weighted by molar-refractivity contribution is -0.873. The zero-order chi connectivity index (χ0) is 7.49. The second-order valence-electron chi connectivity index (χ2n) is 3.28. The first-order valence-corrected chi connectivity index (χ1v) is 3.53. The van der Waals surface area contributed by atoms with Gasteiger partial charge in [0.15, 0.2) is 0 Å². The van der Waals surface area contributed by atoms with Gasteiger partial charge in [-0.3, -0.25) is 0 Å². The smallest absolute Gasteiger partial charge is 0.116 e. The van der Waals surface area contributed by atoms with Crippen LogP contribution in [0.4, 0.5) is 0 Å². The van der Waals surface area contributed by atoms with Crippen LogP contribution in [0.1, 0.15) is 0 Å². The second kappa shape index (κ2) is 5.57. The maximum Gasteiger partial charge on any atom is 0.116 e. The number of aliphatic hydroxyl groups excluding tert-OH is 1. The van der Waals surface area contributed by atoms with Crippen LogP contribution in [0.3, 0.4) is 0 Å². The van der Waals surface area contributed by atoms with Gasteiger partial charge in [0.2, 0.25) is 0 Å². The van der Waals surface area contributed by atoms with E-state index in [4.69, 9.17) is 16.7 Å². The van der Waals surface area contributed by atoms with Crippen molar-refractivity contribution in [3.63, 3.8) is 0 Å². The number of hydrogen-bond acceptors (Lipinski definition) is 1. The number of hydrogen-bond donors (Lipinski definition) is 1. The van der Waals surface area contributed by atoms with Crippen LogP contribution in [-0.4, -0.2) is 49.3 Å². The monoisotopic (exact) mass is 279 g/mol. The zero-order valence-electron chi connectivity index (χ0n) is 6.64. The summed E-state index contributed by atoms with van der Waals surface area (Å²) < 4.78 is 0.758. The Hall–Kier alpha value is 0.940. The molecule has 64 valence electrons. The van der Waals surface area contributed by atoms with Crippen molar-refractivity contribution >= 4 is 11.6 Å². The van der Waals surface area contributed by atoms with Gasteiger partial charge in [0, 0.05) is 0 Å². The van der Waals surface area contributed by atoms with E-state index in [2.05, 4.69) is 0 Å². The Labute approximate surface area is 84.8 Å². The molecule has 0 aromatic rings. The summed E-state index contributed by atoms with van der Waals surface area (Å²) in [5.41, 5.74) is 0. The van der Waals surface area contributed by atoms with Gasteiger partial charge in [-0.25, -0.2) is 0 Å². The predicted octanol–water partition coefficient (Wildman–Crippen LogP) is -2.70. The summed E-state index contributed by atoms with van der Waals surface area (Å²) >= 11 is 5.40. The number of rotatable bonds is 3. The number of aliphatic hydroxyl groups is 1. The minimum absolute atomic E-state index is 0. The average Bonchev–Trinajstić information content (AvgIpc) is 1.62. The summed E-state index contributed by atoms with van der Waals surface area (Å²) in [5.74, 6) is 0.329. The van der Waals surface area contributed by atoms with Crippen LogP contribution < -0.4 is 24.0 Å². The van der Waals surface area contributed by atoms with Crippen LogP contribution in [-0.2, 0) is 0 Å². The third-order valence-corrected chi connectivity index (χ3v) is 1.29. The minimum Gasteiger partial charge on any atom is -1.00 e. The first-order valence-electron chi connectivity index (χ1n) is 3.00. The lowest BCUT2D eigenvalue weighted by atomic mass is 10.3. The zero-order valence-corrected chi connectivity index (χ0v) is 9.56. The molecule has 0 radical (unpaired) electrons. The highest BCUT2D eigenvalue weighted by molar-refractivity contribution is 6.18. The van der Waals surface area contributed by atoms with Crippen molar-refractivity contribution in [3.8, 4) is 0 Å². The minimum atomic E-state index is -0.369. The Bertz CT molecular complexity index is 84.3. The van der Waals surface area contributed by atoms with Gasteiger partial charge in [-0.2, -0.15) is 0 Å². The third-order valence-electron chi connectivity index (χ3n) is 0.937. The van der Waals surface area contributed by atoms with E-state index in [-0.39, 0.29) is 30.1 Å². The first-order chi connectivity index (χ1) is 3.95. The molecule has 0 aliphatic carbocycles. The van der Waals surface area contributed by atoms with Gasteiger partial charge in [0.25, 0.3) is 0 Å². The number of nitrogens with zero attached hydrogens (tertiary/aromatic N) is 1. The molecule has 1 atom stereocenters. The molecule has 10 heavy (non-hydrogen) atoms. The fraction of sp³-hybridized carbons (Fsp3) is 1.00. The topological polar surface area (TPSA) is 20.2 Å². The number of quaternary nitrogens is 1. The molecule has 0 aliphatic heterocycles. The molecule has 0 saturated carbocycles. The summed E-state index contributed by atoms with van der Waals surface area (Å²) in [6.45, 7) is 0.712. The van der Waals surface area contributed by atoms with Crippen molar-refractivity contribution in [1.82, 2.24) is 0 Å². The van der Waals surface area contributed by atoms with Crippen molar-refractivity contribution in [3.05, 3.63) is 0 Å². The van der Waals surface area contributed by atoms with Gasteiger partial charge < -0.3 is 33.6 Å². The standard InChI is InChI=1S/C6H15ClNO.HI/c1-8(2,3)5-6(9)4-7;/h6,9H,4-5H2,1-3H3;1H/q+1;/p-1. The lowest BCUT2D eigenvalue weighted by Gasteiger charge is -2.25. The van der Waals surface area contributed by atoms with E-state index in [1.807, 2.05) is 21.1 Å². The number of likely N-dealkylation sites (N-methyl/N-ethyl adjacent to an activating group) is 1. The van der Waals surface area contributed by atoms with Crippen molar-refractivity contribution < 1.29 is 33.6 Å². The fourth-order valence-corrected chi connectivity index (χ4v) is 0.779. The molecule has 0 aromatic heterocycles. The summed E-state index contributed by atoms with van der Waals surface area (Å²) in [7, 11) is 6.07. The van der Waals surface area contributed by atoms with Gasteiger partial charge in [0.1, 0.15) is 12.6 Å². The lowest BCUT2D eigenvalue weighted by Crippen LogP contribution is -3.00. The molecule has 4 heteroatoms. The van der Waals surface area contributed by atoms with Crippen molar-refractivity contribution in [2.75, 3.05) is 33.6 Å². The SMILES string of the molecule is C[N+](C)(C)CC(O)CCl.[I-]. The molecule has 0 saturated heterocycles. The van der Waals surface area contributed by atoms with E-state index in [1.54, 1.807) is 0 Å². The maximum absolute atomic E-state index is 9.05. The van der Waals surface area contributed by atoms with Crippen molar-refractivity contribution in [2.24, 2.45) is 0 Å². The van der Waals surface area contributed by atoms with Crippen molar-refractivity contribution in [1.29, 1.82) is 0 Å². The van der Waals surface area contributed by atoms with Crippen LogP contribution >= 0.6 is 11.6 Å². The molecular weight excluding hydrogens is 264 g/mol. The van der Waals surface area contributed by atoms with Crippen LogP contribution in [0.25, 0.3) is 0 Å². The maximum atomic E-state index is 9.05. The molecule has 0 aromatic carbocycles. The van der Waals surface area contributed by atoms with E-state index in [0.717, 1.165) is 4.48 Å². The van der Waals surface area contributed by atoms with Gasteiger partial charge in [-0.1, -0.05) is 0 Å². The largest absolute Gasteiger partial charge is 1.00 e. The first kappa shape index (κ1) is 13.5. The molecule has 0 rings (SSSR count). The van der Waals surface area contributed by atoms with Gasteiger partial charge in [-0.15, -0.1) is 11.6 Å². The predicted molar refractivity (Wildman–Crippen MR) is 39.6 cm³/mol. The summed E-state index contributed by atoms with van der Waals surface area (Å²) in [6.07, 6.45) is -0.369. The average molecular weight is 280 g/mol. The van der Waals surface area contributed by atoms with Crippen LogP contribution in [0.2, 0.25) is 0 Å². The molecule has 0 amide bonds. The highest BCUT2D eigenvalue weighted by Crippen LogP contribution is 1.95. The van der Waals surface area contributed by atoms with Crippen LogP contribution in [0.5, 0.6) is 0 Å². The Morgan fingerprint density at radius 1 is 1.40 bits per heavy atom. The molecule has 1 N–H and O–H groups in total. The Morgan fingerprint density at radius 2 is 1.80 bits per heavy atom. The number of alkyl halides is 1. The quantitative estimate of drug-likeness (QED) is 0.339. The van der Waals surface area contributed by atoms with Gasteiger partial charge in [-0.05, 0) is 0 Å². The summed E-state index contributed by atoms with van der Waals surface area (Å²) in [4.78, 5) is 0. The molecular formula is C6H15ClINO. The van der Waals surface area contributed by atoms with E-state index in [0.29, 0.717) is 12.4 Å². The molecule has 0 spiro atoms. The van der Waals surface area contributed by atoms with Crippen molar-refractivity contribution in [2.45, 2.75) is 6.10 Å². The molecule has 0 heterocycles. The Morgan fingerprint density at radius 3 is 1.90 bits per heavy atom. The number of halogens is 2. The van der Waals surface area contributed by atoms with E-state index < -0.39 is 0 Å². The highest BCUT2D eigenvalue weighted by Gasteiger charge is 2.13. The van der Waals surface area contributed by atoms with Crippen LogP contribution in [0.15, 0.2) is 0 Å². The van der Waals surface area contributed by atoms with Gasteiger partial charge in [0.05, 0.1) is 27.0 Å². The third kappa shape index (κ3) is 8.94. The highest BCUT2D eigenvalue weighted by atomic mass is 127. The van der Waals surface area contributed by atoms with E-state index in [1.165, 1.54) is 0 Å². The molecule has 0 aliphatic rings.